The van der Waals surface area contributed by atoms with Gasteiger partial charge in [-0.1, -0.05) is 23.7 Å². The number of carbonyl (C=O) groups is 1. The molecule has 1 N–H and O–H groups in total. The minimum Gasteiger partial charge on any atom is -0.484 e. The smallest absolute Gasteiger partial charge is 0.287 e. The molecule has 0 saturated carbocycles. The molecule has 1 aromatic carbocycles. The lowest BCUT2D eigenvalue weighted by atomic mass is 10.2. The molecule has 1 amide bonds. The summed E-state index contributed by atoms with van der Waals surface area (Å²) in [6, 6.07) is 10.6. The van der Waals surface area contributed by atoms with Crippen molar-refractivity contribution in [3.8, 4) is 5.75 Å². The molecule has 0 unspecified atom stereocenters. The Kier molecular flexibility index (Phi) is 5.20. The Morgan fingerprint density at radius 3 is 2.96 bits per heavy atom. The predicted molar refractivity (Wildman–Crippen MR) is 85.8 cm³/mol. The number of halogens is 1. The zero-order chi connectivity index (χ0) is 16.1. The summed E-state index contributed by atoms with van der Waals surface area (Å²) in [6.45, 7) is 1.48. The molecular formula is C17H18ClNO4. The number of ether oxygens (including phenoxy) is 2. The van der Waals surface area contributed by atoms with E-state index < -0.39 is 0 Å². The van der Waals surface area contributed by atoms with E-state index in [2.05, 4.69) is 5.32 Å². The Morgan fingerprint density at radius 2 is 2.17 bits per heavy atom. The van der Waals surface area contributed by atoms with Gasteiger partial charge in [0, 0.05) is 13.2 Å². The molecule has 1 atom stereocenters. The lowest BCUT2D eigenvalue weighted by Crippen LogP contribution is -2.31. The van der Waals surface area contributed by atoms with E-state index in [-0.39, 0.29) is 24.4 Å². The summed E-state index contributed by atoms with van der Waals surface area (Å²) in [5.74, 6) is 1.16. The first-order chi connectivity index (χ1) is 11.2. The van der Waals surface area contributed by atoms with Crippen LogP contribution in [0.15, 0.2) is 40.8 Å². The molecule has 6 heteroatoms. The van der Waals surface area contributed by atoms with Crippen molar-refractivity contribution in [1.82, 2.24) is 5.32 Å². The number of amides is 1. The predicted octanol–water partition coefficient (Wildman–Crippen LogP) is 3.42. The molecule has 122 valence electrons. The summed E-state index contributed by atoms with van der Waals surface area (Å²) in [5.41, 5.74) is 0. The highest BCUT2D eigenvalue weighted by atomic mass is 35.5. The van der Waals surface area contributed by atoms with E-state index in [1.54, 1.807) is 24.3 Å². The third kappa shape index (κ3) is 4.27. The lowest BCUT2D eigenvalue weighted by Gasteiger charge is -2.09. The van der Waals surface area contributed by atoms with Crippen LogP contribution in [-0.4, -0.2) is 25.2 Å². The van der Waals surface area contributed by atoms with Crippen molar-refractivity contribution in [3.05, 3.63) is 52.9 Å². The highest BCUT2D eigenvalue weighted by Crippen LogP contribution is 2.24. The van der Waals surface area contributed by atoms with Crippen LogP contribution in [0.3, 0.4) is 0 Å². The molecule has 0 radical (unpaired) electrons. The topological polar surface area (TPSA) is 60.7 Å². The molecule has 0 spiro atoms. The van der Waals surface area contributed by atoms with Gasteiger partial charge < -0.3 is 19.2 Å². The number of hydrogen-bond donors (Lipinski definition) is 1. The van der Waals surface area contributed by atoms with Crippen molar-refractivity contribution in [2.75, 3.05) is 13.2 Å². The fourth-order valence-electron chi connectivity index (χ4n) is 2.39. The van der Waals surface area contributed by atoms with Crippen LogP contribution in [0.5, 0.6) is 5.75 Å². The zero-order valence-corrected chi connectivity index (χ0v) is 13.3. The molecule has 5 nitrogen and oxygen atoms in total. The molecule has 1 aliphatic heterocycles. The van der Waals surface area contributed by atoms with Gasteiger partial charge in [0.1, 0.15) is 18.1 Å². The molecular weight excluding hydrogens is 318 g/mol. The van der Waals surface area contributed by atoms with Crippen LogP contribution >= 0.6 is 11.6 Å². The average molecular weight is 336 g/mol. The van der Waals surface area contributed by atoms with Crippen LogP contribution in [0, 0.1) is 0 Å². The monoisotopic (exact) mass is 335 g/mol. The number of furan rings is 1. The first-order valence-electron chi connectivity index (χ1n) is 7.58. The van der Waals surface area contributed by atoms with Crippen LogP contribution in [0.25, 0.3) is 0 Å². The van der Waals surface area contributed by atoms with Crippen LogP contribution in [0.2, 0.25) is 5.02 Å². The standard InChI is InChI=1S/C17H18ClNO4/c18-14-5-1-2-6-15(14)22-11-13-7-8-16(23-13)17(20)19-10-12-4-3-9-21-12/h1-2,5-8,12H,3-4,9-11H2,(H,19,20)/t12-/m1/s1. The van der Waals surface area contributed by atoms with Crippen molar-refractivity contribution in [1.29, 1.82) is 0 Å². The normalized spacial score (nSPS) is 17.2. The Hall–Kier alpha value is -1.98. The quantitative estimate of drug-likeness (QED) is 0.878. The van der Waals surface area contributed by atoms with Crippen LogP contribution in [0.1, 0.15) is 29.2 Å². The van der Waals surface area contributed by atoms with Crippen LogP contribution < -0.4 is 10.1 Å². The van der Waals surface area contributed by atoms with E-state index in [1.807, 2.05) is 12.1 Å². The minimum atomic E-state index is -0.246. The number of hydrogen-bond acceptors (Lipinski definition) is 4. The van der Waals surface area contributed by atoms with E-state index >= 15 is 0 Å². The summed E-state index contributed by atoms with van der Waals surface area (Å²) in [7, 11) is 0. The maximum atomic E-state index is 12.0. The summed E-state index contributed by atoms with van der Waals surface area (Å²) in [5, 5.41) is 3.35. The second-order valence-electron chi connectivity index (χ2n) is 5.33. The molecule has 3 rings (SSSR count). The second kappa shape index (κ2) is 7.53. The van der Waals surface area contributed by atoms with E-state index in [1.165, 1.54) is 0 Å². The Balaban J connectivity index is 1.51. The van der Waals surface area contributed by atoms with Gasteiger partial charge in [0.25, 0.3) is 5.91 Å². The maximum Gasteiger partial charge on any atom is 0.287 e. The molecule has 1 fully saturated rings. The Bertz CT molecular complexity index is 664. The fraction of sp³-hybridized carbons (Fsp3) is 0.353. The molecule has 1 aromatic heterocycles. The van der Waals surface area contributed by atoms with Crippen molar-refractivity contribution < 1.29 is 18.7 Å². The SMILES string of the molecule is O=C(NC[C@H]1CCCO1)c1ccc(COc2ccccc2Cl)o1. The van der Waals surface area contributed by atoms with Crippen molar-refractivity contribution >= 4 is 17.5 Å². The molecule has 23 heavy (non-hydrogen) atoms. The summed E-state index contributed by atoms with van der Waals surface area (Å²) in [6.07, 6.45) is 2.14. The van der Waals surface area contributed by atoms with Gasteiger partial charge in [0.05, 0.1) is 11.1 Å². The molecule has 0 aliphatic carbocycles. The molecule has 0 bridgehead atoms. The van der Waals surface area contributed by atoms with Crippen molar-refractivity contribution in [2.45, 2.75) is 25.6 Å². The Morgan fingerprint density at radius 1 is 1.30 bits per heavy atom. The van der Waals surface area contributed by atoms with Gasteiger partial charge in [0.15, 0.2) is 5.76 Å². The largest absolute Gasteiger partial charge is 0.484 e. The van der Waals surface area contributed by atoms with Gasteiger partial charge in [-0.2, -0.15) is 0 Å². The minimum absolute atomic E-state index is 0.108. The van der Waals surface area contributed by atoms with Gasteiger partial charge in [-0.25, -0.2) is 0 Å². The van der Waals surface area contributed by atoms with Gasteiger partial charge in [-0.05, 0) is 37.1 Å². The number of benzene rings is 1. The van der Waals surface area contributed by atoms with Gasteiger partial charge in [-0.3, -0.25) is 4.79 Å². The molecule has 2 aromatic rings. The van der Waals surface area contributed by atoms with Gasteiger partial charge in [0.2, 0.25) is 0 Å². The number of nitrogens with one attached hydrogen (secondary N) is 1. The van der Waals surface area contributed by atoms with Crippen molar-refractivity contribution in [2.24, 2.45) is 0 Å². The maximum absolute atomic E-state index is 12.0. The number of para-hydroxylation sites is 1. The van der Waals surface area contributed by atoms with E-state index in [0.717, 1.165) is 19.4 Å². The van der Waals surface area contributed by atoms with E-state index in [0.29, 0.717) is 23.1 Å². The molecule has 1 saturated heterocycles. The third-order valence-corrected chi connectivity index (χ3v) is 3.92. The zero-order valence-electron chi connectivity index (χ0n) is 12.6. The summed E-state index contributed by atoms with van der Waals surface area (Å²) in [4.78, 5) is 12.0. The number of rotatable bonds is 6. The molecule has 1 aliphatic rings. The van der Waals surface area contributed by atoms with E-state index in [4.69, 9.17) is 25.5 Å². The number of carbonyl (C=O) groups excluding carboxylic acids is 1. The first kappa shape index (κ1) is 15.9. The molecule has 2 heterocycles. The van der Waals surface area contributed by atoms with Crippen LogP contribution in [0.4, 0.5) is 0 Å². The third-order valence-electron chi connectivity index (χ3n) is 3.61. The summed E-state index contributed by atoms with van der Waals surface area (Å²) < 4.78 is 16.5. The van der Waals surface area contributed by atoms with Gasteiger partial charge in [-0.15, -0.1) is 0 Å². The second-order valence-corrected chi connectivity index (χ2v) is 5.74. The van der Waals surface area contributed by atoms with E-state index in [9.17, 15) is 4.79 Å². The average Bonchev–Trinajstić information content (AvgIpc) is 3.23. The Labute approximate surface area is 139 Å². The highest BCUT2D eigenvalue weighted by molar-refractivity contribution is 6.32. The first-order valence-corrected chi connectivity index (χ1v) is 7.96. The highest BCUT2D eigenvalue weighted by Gasteiger charge is 2.18. The summed E-state index contributed by atoms with van der Waals surface area (Å²) >= 11 is 6.02. The van der Waals surface area contributed by atoms with Crippen molar-refractivity contribution in [3.63, 3.8) is 0 Å². The fourth-order valence-corrected chi connectivity index (χ4v) is 2.58. The van der Waals surface area contributed by atoms with Crippen LogP contribution in [-0.2, 0) is 11.3 Å². The lowest BCUT2D eigenvalue weighted by molar-refractivity contribution is 0.0832. The van der Waals surface area contributed by atoms with Gasteiger partial charge >= 0.3 is 0 Å².